The van der Waals surface area contributed by atoms with Crippen LogP contribution in [0.2, 0.25) is 10.0 Å². The molecule has 3 aromatic rings. The highest BCUT2D eigenvalue weighted by atomic mass is 35.5. The van der Waals surface area contributed by atoms with Crippen LogP contribution >= 0.6 is 23.2 Å². The maximum atomic E-state index is 12.0. The summed E-state index contributed by atoms with van der Waals surface area (Å²) in [4.78, 5) is 23.9. The summed E-state index contributed by atoms with van der Waals surface area (Å²) in [6.45, 7) is 2.52. The summed E-state index contributed by atoms with van der Waals surface area (Å²) in [5, 5.41) is 15.5. The van der Waals surface area contributed by atoms with E-state index in [1.807, 2.05) is 29.2 Å². The van der Waals surface area contributed by atoms with Gasteiger partial charge in [-0.3, -0.25) is 10.1 Å². The highest BCUT2D eigenvalue weighted by Crippen LogP contribution is 2.37. The second kappa shape index (κ2) is 9.46. The molecule has 0 spiro atoms. The Labute approximate surface area is 194 Å². The third-order valence-corrected chi connectivity index (χ3v) is 6.03. The Kier molecular flexibility index (Phi) is 6.48. The lowest BCUT2D eigenvalue weighted by molar-refractivity contribution is -0.383. The fourth-order valence-corrected chi connectivity index (χ4v) is 3.91. The van der Waals surface area contributed by atoms with Gasteiger partial charge in [-0.2, -0.15) is 0 Å². The molecule has 0 saturated carbocycles. The molecule has 0 aliphatic carbocycles. The zero-order valence-corrected chi connectivity index (χ0v) is 18.7. The predicted octanol–water partition coefficient (Wildman–Crippen LogP) is 4.77. The van der Waals surface area contributed by atoms with E-state index in [0.717, 1.165) is 11.4 Å². The van der Waals surface area contributed by atoms with Crippen molar-refractivity contribution in [1.29, 1.82) is 0 Å². The first-order valence-electron chi connectivity index (χ1n) is 9.82. The van der Waals surface area contributed by atoms with Gasteiger partial charge < -0.3 is 19.9 Å². The van der Waals surface area contributed by atoms with Crippen molar-refractivity contribution in [2.75, 3.05) is 48.4 Å². The van der Waals surface area contributed by atoms with Gasteiger partial charge in [0.15, 0.2) is 0 Å². The number of rotatable bonds is 6. The molecular formula is C21H20Cl2N6O3. The lowest BCUT2D eigenvalue weighted by Crippen LogP contribution is -2.47. The molecule has 166 valence electrons. The smallest absolute Gasteiger partial charge is 0.353 e. The first-order chi connectivity index (χ1) is 15.5. The van der Waals surface area contributed by atoms with Crippen molar-refractivity contribution in [3.63, 3.8) is 0 Å². The van der Waals surface area contributed by atoms with Crippen LogP contribution in [0, 0.1) is 10.1 Å². The van der Waals surface area contributed by atoms with Crippen LogP contribution in [0.25, 0.3) is 0 Å². The number of aromatic nitrogens is 2. The molecule has 1 aliphatic heterocycles. The summed E-state index contributed by atoms with van der Waals surface area (Å²) in [6.07, 6.45) is 1.30. The highest BCUT2D eigenvalue weighted by molar-refractivity contribution is 6.43. The maximum absolute atomic E-state index is 12.0. The monoisotopic (exact) mass is 474 g/mol. The minimum Gasteiger partial charge on any atom is -0.497 e. The molecule has 2 heterocycles. The topological polar surface area (TPSA) is 96.7 Å². The summed E-state index contributed by atoms with van der Waals surface area (Å²) in [6, 6.07) is 12.8. The highest BCUT2D eigenvalue weighted by Gasteiger charge is 2.29. The number of hydrogen-bond donors (Lipinski definition) is 1. The first-order valence-corrected chi connectivity index (χ1v) is 10.6. The number of nitro groups is 1. The van der Waals surface area contributed by atoms with Gasteiger partial charge in [-0.15, -0.1) is 0 Å². The zero-order chi connectivity index (χ0) is 22.7. The number of anilines is 4. The van der Waals surface area contributed by atoms with E-state index in [0.29, 0.717) is 36.9 Å². The largest absolute Gasteiger partial charge is 0.497 e. The van der Waals surface area contributed by atoms with Crippen LogP contribution in [-0.2, 0) is 0 Å². The molecule has 1 saturated heterocycles. The molecule has 4 rings (SSSR count). The van der Waals surface area contributed by atoms with E-state index in [-0.39, 0.29) is 22.3 Å². The van der Waals surface area contributed by atoms with Crippen molar-refractivity contribution in [2.24, 2.45) is 0 Å². The SMILES string of the molecule is COc1ccc(N2CCN(c3ncnc(Nc4cccc(Cl)c4Cl)c3[N+](=O)[O-])CC2)cc1. The molecule has 9 nitrogen and oxygen atoms in total. The van der Waals surface area contributed by atoms with Crippen molar-refractivity contribution < 1.29 is 9.66 Å². The van der Waals surface area contributed by atoms with Crippen molar-refractivity contribution in [1.82, 2.24) is 9.97 Å². The molecule has 0 unspecified atom stereocenters. The van der Waals surface area contributed by atoms with Gasteiger partial charge >= 0.3 is 5.69 Å². The van der Waals surface area contributed by atoms with Crippen LogP contribution in [0.1, 0.15) is 0 Å². The van der Waals surface area contributed by atoms with Gasteiger partial charge in [0.2, 0.25) is 11.6 Å². The Morgan fingerprint density at radius 3 is 2.38 bits per heavy atom. The molecule has 1 aliphatic rings. The standard InChI is InChI=1S/C21H20Cl2N6O3/c1-32-15-7-5-14(6-8-15)27-9-11-28(12-10-27)21-19(29(30)31)20(24-13-25-21)26-17-4-2-3-16(22)18(17)23/h2-8,13H,9-12H2,1H3,(H,24,25,26). The third kappa shape index (κ3) is 4.49. The molecule has 32 heavy (non-hydrogen) atoms. The number of piperazine rings is 1. The van der Waals surface area contributed by atoms with Gasteiger partial charge in [-0.25, -0.2) is 9.97 Å². The molecule has 0 radical (unpaired) electrons. The Morgan fingerprint density at radius 2 is 1.72 bits per heavy atom. The zero-order valence-electron chi connectivity index (χ0n) is 17.2. The van der Waals surface area contributed by atoms with E-state index < -0.39 is 4.92 Å². The van der Waals surface area contributed by atoms with Crippen molar-refractivity contribution in [3.8, 4) is 5.75 Å². The molecule has 0 atom stereocenters. The van der Waals surface area contributed by atoms with Crippen molar-refractivity contribution in [3.05, 3.63) is 69.0 Å². The van der Waals surface area contributed by atoms with Crippen LogP contribution in [0.15, 0.2) is 48.8 Å². The number of methoxy groups -OCH3 is 1. The van der Waals surface area contributed by atoms with Gasteiger partial charge in [0.1, 0.15) is 12.1 Å². The van der Waals surface area contributed by atoms with E-state index in [9.17, 15) is 10.1 Å². The minimum absolute atomic E-state index is 0.0572. The lowest BCUT2D eigenvalue weighted by Gasteiger charge is -2.36. The Balaban J connectivity index is 1.55. The fraction of sp³-hybridized carbons (Fsp3) is 0.238. The quantitative estimate of drug-likeness (QED) is 0.402. The van der Waals surface area contributed by atoms with Crippen LogP contribution in [-0.4, -0.2) is 48.2 Å². The predicted molar refractivity (Wildman–Crippen MR) is 126 cm³/mol. The average molecular weight is 475 g/mol. The number of benzene rings is 2. The number of nitrogens with one attached hydrogen (secondary N) is 1. The fourth-order valence-electron chi connectivity index (χ4n) is 3.56. The number of hydrogen-bond acceptors (Lipinski definition) is 8. The van der Waals surface area contributed by atoms with Gasteiger partial charge in [0.25, 0.3) is 0 Å². The molecular weight excluding hydrogens is 455 g/mol. The van der Waals surface area contributed by atoms with Crippen molar-refractivity contribution in [2.45, 2.75) is 0 Å². The Bertz CT molecular complexity index is 1120. The average Bonchev–Trinajstić information content (AvgIpc) is 2.82. The van der Waals surface area contributed by atoms with Crippen LogP contribution in [0.5, 0.6) is 5.75 Å². The molecule has 1 fully saturated rings. The van der Waals surface area contributed by atoms with Crippen LogP contribution in [0.3, 0.4) is 0 Å². The van der Waals surface area contributed by atoms with Gasteiger partial charge in [-0.1, -0.05) is 29.3 Å². The summed E-state index contributed by atoms with van der Waals surface area (Å²) in [7, 11) is 1.63. The van der Waals surface area contributed by atoms with E-state index in [2.05, 4.69) is 20.2 Å². The maximum Gasteiger partial charge on any atom is 0.353 e. The second-order valence-electron chi connectivity index (χ2n) is 7.05. The lowest BCUT2D eigenvalue weighted by atomic mass is 10.2. The van der Waals surface area contributed by atoms with Crippen LogP contribution in [0.4, 0.5) is 28.7 Å². The van der Waals surface area contributed by atoms with E-state index >= 15 is 0 Å². The Morgan fingerprint density at radius 1 is 1.03 bits per heavy atom. The number of nitrogens with zero attached hydrogens (tertiary/aromatic N) is 5. The molecule has 11 heteroatoms. The normalized spacial score (nSPS) is 13.7. The van der Waals surface area contributed by atoms with Crippen LogP contribution < -0.4 is 19.9 Å². The molecule has 0 bridgehead atoms. The number of halogens is 2. The van der Waals surface area contributed by atoms with E-state index in [4.69, 9.17) is 27.9 Å². The summed E-state index contributed by atoms with van der Waals surface area (Å²) >= 11 is 12.3. The molecule has 1 N–H and O–H groups in total. The summed E-state index contributed by atoms with van der Waals surface area (Å²) in [5.41, 5.74) is 1.29. The van der Waals surface area contributed by atoms with E-state index in [1.165, 1.54) is 6.33 Å². The second-order valence-corrected chi connectivity index (χ2v) is 7.84. The van der Waals surface area contributed by atoms with Gasteiger partial charge in [-0.05, 0) is 36.4 Å². The van der Waals surface area contributed by atoms with Crippen molar-refractivity contribution >= 4 is 51.9 Å². The number of ether oxygens (including phenoxy) is 1. The van der Waals surface area contributed by atoms with E-state index in [1.54, 1.807) is 25.3 Å². The van der Waals surface area contributed by atoms with Gasteiger partial charge in [0.05, 0.1) is 27.8 Å². The first kappa shape index (κ1) is 21.9. The third-order valence-electron chi connectivity index (χ3n) is 5.21. The molecule has 1 aromatic heterocycles. The summed E-state index contributed by atoms with van der Waals surface area (Å²) in [5.74, 6) is 1.12. The Hall–Kier alpha value is -3.30. The molecule has 0 amide bonds. The van der Waals surface area contributed by atoms with Gasteiger partial charge in [0, 0.05) is 31.9 Å². The molecule has 2 aromatic carbocycles. The summed E-state index contributed by atoms with van der Waals surface area (Å²) < 4.78 is 5.21. The minimum atomic E-state index is -0.480.